The number of nitrogens with zero attached hydrogens (tertiary/aromatic N) is 5. The molecule has 24 heavy (non-hydrogen) atoms. The molecule has 128 valence electrons. The summed E-state index contributed by atoms with van der Waals surface area (Å²) in [6.07, 6.45) is 0. The standard InChI is InChI=1S/C17H23N5OS/c1-6-21(10-12(2)3)16(23)11-24-17-18-19-20-22(17)15-8-7-13(4)9-14(15)5/h7-9H,2,6,10-11H2,1,3-5H3. The molecular weight excluding hydrogens is 322 g/mol. The summed E-state index contributed by atoms with van der Waals surface area (Å²) in [6.45, 7) is 13.1. The smallest absolute Gasteiger partial charge is 0.233 e. The van der Waals surface area contributed by atoms with Gasteiger partial charge in [0.25, 0.3) is 0 Å². The number of amides is 1. The monoisotopic (exact) mass is 345 g/mol. The lowest BCUT2D eigenvalue weighted by molar-refractivity contribution is -0.127. The molecule has 1 aromatic heterocycles. The van der Waals surface area contributed by atoms with Gasteiger partial charge in [0, 0.05) is 13.1 Å². The van der Waals surface area contributed by atoms with Crippen LogP contribution in [0.25, 0.3) is 5.69 Å². The van der Waals surface area contributed by atoms with Crippen molar-refractivity contribution >= 4 is 17.7 Å². The van der Waals surface area contributed by atoms with E-state index in [-0.39, 0.29) is 5.91 Å². The van der Waals surface area contributed by atoms with Gasteiger partial charge in [-0.1, -0.05) is 41.6 Å². The van der Waals surface area contributed by atoms with Crippen LogP contribution >= 0.6 is 11.8 Å². The largest absolute Gasteiger partial charge is 0.338 e. The topological polar surface area (TPSA) is 63.9 Å². The Morgan fingerprint density at radius 3 is 2.75 bits per heavy atom. The SMILES string of the molecule is C=C(C)CN(CC)C(=O)CSc1nnnn1-c1ccc(C)cc1C. The molecule has 0 N–H and O–H groups in total. The Labute approximate surface area is 146 Å². The Balaban J connectivity index is 2.11. The minimum absolute atomic E-state index is 0.0562. The van der Waals surface area contributed by atoms with Crippen LogP contribution in [-0.2, 0) is 4.79 Å². The maximum absolute atomic E-state index is 12.4. The van der Waals surface area contributed by atoms with Crippen LogP contribution in [0.2, 0.25) is 0 Å². The fraction of sp³-hybridized carbons (Fsp3) is 0.412. The molecule has 0 saturated heterocycles. The number of hydrogen-bond donors (Lipinski definition) is 0. The number of rotatable bonds is 7. The number of benzene rings is 1. The van der Waals surface area contributed by atoms with Gasteiger partial charge in [-0.25, -0.2) is 0 Å². The van der Waals surface area contributed by atoms with E-state index in [4.69, 9.17) is 0 Å². The molecule has 7 heteroatoms. The van der Waals surface area contributed by atoms with Crippen LogP contribution in [0.4, 0.5) is 0 Å². The third-order valence-corrected chi connectivity index (χ3v) is 4.45. The summed E-state index contributed by atoms with van der Waals surface area (Å²) in [4.78, 5) is 14.1. The molecule has 0 bridgehead atoms. The minimum Gasteiger partial charge on any atom is -0.338 e. The van der Waals surface area contributed by atoms with Crippen LogP contribution in [-0.4, -0.2) is 49.9 Å². The van der Waals surface area contributed by atoms with Crippen LogP contribution in [0.1, 0.15) is 25.0 Å². The summed E-state index contributed by atoms with van der Waals surface area (Å²) < 4.78 is 1.68. The van der Waals surface area contributed by atoms with Gasteiger partial charge >= 0.3 is 0 Å². The summed E-state index contributed by atoms with van der Waals surface area (Å²) in [5.41, 5.74) is 4.17. The van der Waals surface area contributed by atoms with E-state index in [9.17, 15) is 4.79 Å². The van der Waals surface area contributed by atoms with Gasteiger partial charge in [0.05, 0.1) is 11.4 Å². The van der Waals surface area contributed by atoms with Gasteiger partial charge in [-0.05, 0) is 49.8 Å². The zero-order chi connectivity index (χ0) is 17.7. The molecule has 6 nitrogen and oxygen atoms in total. The average molecular weight is 345 g/mol. The maximum atomic E-state index is 12.4. The highest BCUT2D eigenvalue weighted by Crippen LogP contribution is 2.21. The number of hydrogen-bond acceptors (Lipinski definition) is 5. The molecule has 1 heterocycles. The van der Waals surface area contributed by atoms with E-state index in [1.807, 2.05) is 39.8 Å². The summed E-state index contributed by atoms with van der Waals surface area (Å²) >= 11 is 1.35. The van der Waals surface area contributed by atoms with E-state index in [0.717, 1.165) is 16.8 Å². The first kappa shape index (κ1) is 18.2. The Bertz CT molecular complexity index is 740. The second kappa shape index (κ2) is 8.10. The molecule has 0 radical (unpaired) electrons. The number of thioether (sulfide) groups is 1. The number of aromatic nitrogens is 4. The van der Waals surface area contributed by atoms with Gasteiger partial charge in [-0.15, -0.1) is 5.10 Å². The van der Waals surface area contributed by atoms with Gasteiger partial charge in [-0.3, -0.25) is 4.79 Å². The number of carbonyl (C=O) groups excluding carboxylic acids is 1. The molecule has 1 amide bonds. The molecule has 0 fully saturated rings. The van der Waals surface area contributed by atoms with Gasteiger partial charge in [0.1, 0.15) is 0 Å². The van der Waals surface area contributed by atoms with E-state index in [0.29, 0.717) is 24.0 Å². The highest BCUT2D eigenvalue weighted by molar-refractivity contribution is 7.99. The lowest BCUT2D eigenvalue weighted by Crippen LogP contribution is -2.33. The second-order valence-corrected chi connectivity index (χ2v) is 6.76. The van der Waals surface area contributed by atoms with Gasteiger partial charge in [0.2, 0.25) is 11.1 Å². The Morgan fingerprint density at radius 1 is 1.38 bits per heavy atom. The molecule has 0 atom stereocenters. The number of tetrazole rings is 1. The highest BCUT2D eigenvalue weighted by atomic mass is 32.2. The third kappa shape index (κ3) is 4.44. The summed E-state index contributed by atoms with van der Waals surface area (Å²) in [5, 5.41) is 12.5. The normalized spacial score (nSPS) is 10.7. The average Bonchev–Trinajstić information content (AvgIpc) is 2.98. The van der Waals surface area contributed by atoms with Crippen molar-refractivity contribution in [1.82, 2.24) is 25.1 Å². The highest BCUT2D eigenvalue weighted by Gasteiger charge is 2.16. The van der Waals surface area contributed by atoms with Crippen molar-refractivity contribution < 1.29 is 4.79 Å². The van der Waals surface area contributed by atoms with Crippen LogP contribution in [0.3, 0.4) is 0 Å². The van der Waals surface area contributed by atoms with E-state index in [2.05, 4.69) is 28.2 Å². The zero-order valence-corrected chi connectivity index (χ0v) is 15.4. The van der Waals surface area contributed by atoms with Gasteiger partial charge < -0.3 is 4.90 Å². The van der Waals surface area contributed by atoms with Crippen LogP contribution in [0, 0.1) is 13.8 Å². The predicted molar refractivity (Wildman–Crippen MR) is 96.4 cm³/mol. The van der Waals surface area contributed by atoms with Crippen molar-refractivity contribution in [2.45, 2.75) is 32.9 Å². The van der Waals surface area contributed by atoms with Crippen molar-refractivity contribution in [2.75, 3.05) is 18.8 Å². The fourth-order valence-electron chi connectivity index (χ4n) is 2.38. The summed E-state index contributed by atoms with van der Waals surface area (Å²) in [5.74, 6) is 0.354. The molecule has 0 aliphatic heterocycles. The number of likely N-dealkylation sites (N-methyl/N-ethyl adjacent to an activating group) is 1. The Kier molecular flexibility index (Phi) is 6.14. The van der Waals surface area contributed by atoms with E-state index in [1.54, 1.807) is 9.58 Å². The Morgan fingerprint density at radius 2 is 2.12 bits per heavy atom. The maximum Gasteiger partial charge on any atom is 0.233 e. The zero-order valence-electron chi connectivity index (χ0n) is 14.6. The fourth-order valence-corrected chi connectivity index (χ4v) is 3.17. The van der Waals surface area contributed by atoms with Crippen molar-refractivity contribution in [3.63, 3.8) is 0 Å². The quantitative estimate of drug-likeness (QED) is 0.570. The molecule has 0 saturated carbocycles. The first-order valence-corrected chi connectivity index (χ1v) is 8.82. The molecule has 0 aliphatic carbocycles. The first-order valence-electron chi connectivity index (χ1n) is 7.83. The van der Waals surface area contributed by atoms with Crippen molar-refractivity contribution in [1.29, 1.82) is 0 Å². The van der Waals surface area contributed by atoms with Crippen molar-refractivity contribution in [3.8, 4) is 5.69 Å². The van der Waals surface area contributed by atoms with Crippen molar-refractivity contribution in [3.05, 3.63) is 41.5 Å². The molecular formula is C17H23N5OS. The van der Waals surface area contributed by atoms with E-state index in [1.165, 1.54) is 17.3 Å². The lowest BCUT2D eigenvalue weighted by atomic mass is 10.1. The van der Waals surface area contributed by atoms with E-state index >= 15 is 0 Å². The van der Waals surface area contributed by atoms with Crippen LogP contribution in [0.5, 0.6) is 0 Å². The molecule has 0 spiro atoms. The van der Waals surface area contributed by atoms with Crippen LogP contribution in [0.15, 0.2) is 35.5 Å². The Hall–Kier alpha value is -2.15. The first-order chi connectivity index (χ1) is 11.4. The molecule has 1 aromatic carbocycles. The number of aryl methyl sites for hydroxylation is 2. The molecule has 0 unspecified atom stereocenters. The summed E-state index contributed by atoms with van der Waals surface area (Å²) in [6, 6.07) is 6.10. The van der Waals surface area contributed by atoms with E-state index < -0.39 is 0 Å². The van der Waals surface area contributed by atoms with Gasteiger partial charge in [-0.2, -0.15) is 4.68 Å². The second-order valence-electron chi connectivity index (χ2n) is 5.82. The lowest BCUT2D eigenvalue weighted by Gasteiger charge is -2.20. The predicted octanol–water partition coefficient (Wildman–Crippen LogP) is 2.80. The third-order valence-electron chi connectivity index (χ3n) is 3.54. The van der Waals surface area contributed by atoms with Crippen LogP contribution < -0.4 is 0 Å². The van der Waals surface area contributed by atoms with Crippen molar-refractivity contribution in [2.24, 2.45) is 0 Å². The number of carbonyl (C=O) groups is 1. The minimum atomic E-state index is 0.0562. The molecule has 0 aliphatic rings. The molecule has 2 rings (SSSR count). The van der Waals surface area contributed by atoms with Gasteiger partial charge in [0.15, 0.2) is 0 Å². The summed E-state index contributed by atoms with van der Waals surface area (Å²) in [7, 11) is 0. The molecule has 2 aromatic rings.